The molecule has 1 aliphatic carbocycles. The minimum absolute atomic E-state index is 0.0566. The highest BCUT2D eigenvalue weighted by Crippen LogP contribution is 2.44. The molecule has 1 unspecified atom stereocenters. The van der Waals surface area contributed by atoms with E-state index >= 15 is 0 Å². The summed E-state index contributed by atoms with van der Waals surface area (Å²) < 4.78 is 11.1. The molecule has 2 aromatic carbocycles. The Kier molecular flexibility index (Phi) is 7.40. The van der Waals surface area contributed by atoms with Crippen LogP contribution in [0.15, 0.2) is 48.5 Å². The molecule has 1 saturated heterocycles. The smallest absolute Gasteiger partial charge is 0.407 e. The van der Waals surface area contributed by atoms with Crippen molar-refractivity contribution >= 4 is 18.0 Å². The Hall–Kier alpha value is -3.39. The monoisotopic (exact) mass is 480 g/mol. The Morgan fingerprint density at radius 1 is 1.09 bits per heavy atom. The van der Waals surface area contributed by atoms with E-state index in [9.17, 15) is 19.5 Å². The summed E-state index contributed by atoms with van der Waals surface area (Å²) in [5, 5.41) is 12.3. The second-order valence-electron chi connectivity index (χ2n) is 9.25. The van der Waals surface area contributed by atoms with E-state index in [-0.39, 0.29) is 25.0 Å². The van der Waals surface area contributed by atoms with Gasteiger partial charge in [0.25, 0.3) is 0 Å². The van der Waals surface area contributed by atoms with Crippen LogP contribution in [0.4, 0.5) is 4.79 Å². The average molecular weight is 481 g/mol. The first-order valence-corrected chi connectivity index (χ1v) is 12.0. The molecule has 8 heteroatoms. The van der Waals surface area contributed by atoms with E-state index in [0.717, 1.165) is 22.3 Å². The van der Waals surface area contributed by atoms with Crippen LogP contribution < -0.4 is 5.32 Å². The number of aliphatic carboxylic acids is 1. The number of ether oxygens (including phenoxy) is 2. The number of carboxylic acids is 1. The van der Waals surface area contributed by atoms with Gasteiger partial charge in [-0.3, -0.25) is 4.79 Å². The van der Waals surface area contributed by atoms with E-state index in [1.54, 1.807) is 6.92 Å². The molecule has 0 bridgehead atoms. The van der Waals surface area contributed by atoms with Gasteiger partial charge in [0.1, 0.15) is 12.6 Å². The molecule has 2 N–H and O–H groups in total. The van der Waals surface area contributed by atoms with Crippen LogP contribution in [0.1, 0.15) is 43.2 Å². The number of carboxylic acid groups (broad SMARTS) is 1. The number of amides is 2. The lowest BCUT2D eigenvalue weighted by Gasteiger charge is -2.40. The first-order valence-electron chi connectivity index (χ1n) is 12.0. The maximum Gasteiger partial charge on any atom is 0.407 e. The minimum atomic E-state index is -1.05. The summed E-state index contributed by atoms with van der Waals surface area (Å²) in [5.41, 5.74) is 3.62. The first-order chi connectivity index (χ1) is 16.9. The third kappa shape index (κ3) is 4.89. The molecule has 2 aromatic rings. The van der Waals surface area contributed by atoms with E-state index in [1.165, 1.54) is 11.9 Å². The highest BCUT2D eigenvalue weighted by molar-refractivity contribution is 5.88. The summed E-state index contributed by atoms with van der Waals surface area (Å²) in [6.45, 7) is 2.72. The highest BCUT2D eigenvalue weighted by atomic mass is 16.5. The minimum Gasteiger partial charge on any atom is -0.480 e. The number of nitrogens with zero attached hydrogens (tertiary/aromatic N) is 1. The normalized spacial score (nSPS) is 17.1. The van der Waals surface area contributed by atoms with Crippen LogP contribution in [-0.2, 0) is 19.1 Å². The topological polar surface area (TPSA) is 105 Å². The first kappa shape index (κ1) is 24.7. The molecule has 1 atom stereocenters. The number of fused-ring (bicyclic) bond motifs is 3. The maximum atomic E-state index is 13.4. The van der Waals surface area contributed by atoms with E-state index in [1.807, 2.05) is 24.3 Å². The van der Waals surface area contributed by atoms with E-state index in [4.69, 9.17) is 9.47 Å². The number of rotatable bonds is 8. The van der Waals surface area contributed by atoms with Crippen LogP contribution >= 0.6 is 0 Å². The fourth-order valence-electron chi connectivity index (χ4n) is 5.25. The van der Waals surface area contributed by atoms with Gasteiger partial charge in [-0.05, 0) is 41.5 Å². The standard InChI is InChI=1S/C27H32N2O6/c1-3-23(24(30)31)29(2)25(32)27(12-14-34-15-13-27)17-28-26(33)35-16-22-20-10-6-4-8-18(20)19-9-5-7-11-21(19)22/h4-11,22-23H,3,12-17H2,1-2H3,(H,28,33)(H,30,31). The molecule has 1 fully saturated rings. The molecule has 2 amide bonds. The molecule has 186 valence electrons. The Balaban J connectivity index is 1.42. The molecule has 0 saturated carbocycles. The summed E-state index contributed by atoms with van der Waals surface area (Å²) in [5.74, 6) is -1.40. The van der Waals surface area contributed by atoms with Crippen molar-refractivity contribution in [2.24, 2.45) is 5.41 Å². The van der Waals surface area contributed by atoms with Gasteiger partial charge < -0.3 is 24.8 Å². The third-order valence-electron chi connectivity index (χ3n) is 7.28. The number of hydrogen-bond donors (Lipinski definition) is 2. The summed E-state index contributed by atoms with van der Waals surface area (Å²) in [6, 6.07) is 15.3. The van der Waals surface area contributed by atoms with Crippen molar-refractivity contribution in [2.45, 2.75) is 38.1 Å². The van der Waals surface area contributed by atoms with Gasteiger partial charge in [0, 0.05) is 32.7 Å². The van der Waals surface area contributed by atoms with Crippen LogP contribution in [0.3, 0.4) is 0 Å². The van der Waals surface area contributed by atoms with Crippen molar-refractivity contribution in [3.05, 3.63) is 59.7 Å². The maximum absolute atomic E-state index is 13.4. The average Bonchev–Trinajstić information content (AvgIpc) is 3.20. The number of carbonyl (C=O) groups excluding carboxylic acids is 2. The van der Waals surface area contributed by atoms with Crippen molar-refractivity contribution in [2.75, 3.05) is 33.4 Å². The second kappa shape index (κ2) is 10.5. The van der Waals surface area contributed by atoms with Crippen LogP contribution in [0.25, 0.3) is 11.1 Å². The number of hydrogen-bond acceptors (Lipinski definition) is 5. The van der Waals surface area contributed by atoms with Crippen molar-refractivity contribution in [1.29, 1.82) is 0 Å². The lowest BCUT2D eigenvalue weighted by Crippen LogP contribution is -2.55. The van der Waals surface area contributed by atoms with Gasteiger partial charge in [0.15, 0.2) is 0 Å². The van der Waals surface area contributed by atoms with E-state index in [0.29, 0.717) is 32.5 Å². The van der Waals surface area contributed by atoms with Gasteiger partial charge in [0.05, 0.1) is 5.41 Å². The molecule has 0 spiro atoms. The molecule has 8 nitrogen and oxygen atoms in total. The second-order valence-corrected chi connectivity index (χ2v) is 9.25. The Morgan fingerprint density at radius 3 is 2.20 bits per heavy atom. The van der Waals surface area contributed by atoms with Crippen LogP contribution in [0, 0.1) is 5.41 Å². The van der Waals surface area contributed by atoms with Crippen LogP contribution in [-0.4, -0.2) is 67.4 Å². The fourth-order valence-corrected chi connectivity index (χ4v) is 5.25. The zero-order chi connectivity index (χ0) is 25.0. The van der Waals surface area contributed by atoms with Gasteiger partial charge in [-0.2, -0.15) is 0 Å². The molecule has 0 aromatic heterocycles. The number of alkyl carbamates (subject to hydrolysis) is 1. The number of nitrogens with one attached hydrogen (secondary N) is 1. The quantitative estimate of drug-likeness (QED) is 0.598. The zero-order valence-electron chi connectivity index (χ0n) is 20.2. The van der Waals surface area contributed by atoms with Gasteiger partial charge in [-0.25, -0.2) is 9.59 Å². The molecule has 1 heterocycles. The van der Waals surface area contributed by atoms with Gasteiger partial charge in [0.2, 0.25) is 5.91 Å². The van der Waals surface area contributed by atoms with Gasteiger partial charge in [-0.15, -0.1) is 0 Å². The van der Waals surface area contributed by atoms with Gasteiger partial charge >= 0.3 is 12.1 Å². The Morgan fingerprint density at radius 2 is 1.66 bits per heavy atom. The predicted molar refractivity (Wildman–Crippen MR) is 130 cm³/mol. The van der Waals surface area contributed by atoms with Gasteiger partial charge in [-0.1, -0.05) is 55.5 Å². The Bertz CT molecular complexity index is 1050. The molecule has 0 radical (unpaired) electrons. The Labute approximate surface area is 205 Å². The summed E-state index contributed by atoms with van der Waals surface area (Å²) >= 11 is 0. The molecule has 1 aliphatic heterocycles. The summed E-state index contributed by atoms with van der Waals surface area (Å²) in [6.07, 6.45) is 0.494. The number of benzene rings is 2. The lowest BCUT2D eigenvalue weighted by atomic mass is 9.78. The predicted octanol–water partition coefficient (Wildman–Crippen LogP) is 3.64. The molecule has 2 aliphatic rings. The van der Waals surface area contributed by atoms with Crippen LogP contribution in [0.5, 0.6) is 0 Å². The van der Waals surface area contributed by atoms with E-state index in [2.05, 4.69) is 29.6 Å². The zero-order valence-corrected chi connectivity index (χ0v) is 20.2. The highest BCUT2D eigenvalue weighted by Gasteiger charge is 2.44. The molecule has 4 rings (SSSR count). The van der Waals surface area contributed by atoms with Crippen molar-refractivity contribution < 1.29 is 29.0 Å². The molecular weight excluding hydrogens is 448 g/mol. The van der Waals surface area contributed by atoms with Crippen LogP contribution in [0.2, 0.25) is 0 Å². The van der Waals surface area contributed by atoms with Crippen molar-refractivity contribution in [1.82, 2.24) is 10.2 Å². The fraction of sp³-hybridized carbons (Fsp3) is 0.444. The summed E-state index contributed by atoms with van der Waals surface area (Å²) in [4.78, 5) is 39.0. The number of carbonyl (C=O) groups is 3. The van der Waals surface area contributed by atoms with Crippen molar-refractivity contribution in [3.8, 4) is 11.1 Å². The largest absolute Gasteiger partial charge is 0.480 e. The van der Waals surface area contributed by atoms with E-state index < -0.39 is 23.5 Å². The lowest BCUT2D eigenvalue weighted by molar-refractivity contribution is -0.157. The number of likely N-dealkylation sites (N-methyl/N-ethyl adjacent to an activating group) is 1. The molecule has 35 heavy (non-hydrogen) atoms. The summed E-state index contributed by atoms with van der Waals surface area (Å²) in [7, 11) is 1.51. The SMILES string of the molecule is CCC(C(=O)O)N(C)C(=O)C1(CNC(=O)OCC2c3ccccc3-c3ccccc32)CCOCC1. The molecular formula is C27H32N2O6. The van der Waals surface area contributed by atoms with Crippen molar-refractivity contribution in [3.63, 3.8) is 0 Å². The third-order valence-corrected chi connectivity index (χ3v) is 7.28.